The molecule has 4 heteroatoms. The van der Waals surface area contributed by atoms with Gasteiger partial charge < -0.3 is 5.32 Å². The summed E-state index contributed by atoms with van der Waals surface area (Å²) in [6.07, 6.45) is 12.3. The van der Waals surface area contributed by atoms with Crippen molar-refractivity contribution in [3.05, 3.63) is 29.2 Å². The van der Waals surface area contributed by atoms with Gasteiger partial charge in [0.1, 0.15) is 5.82 Å². The SMILES string of the molecule is C=C(C)C.CC.CCCCC.Cc1cnc(Cl)nc1NC1CCCCC1. The van der Waals surface area contributed by atoms with Crippen LogP contribution in [0.15, 0.2) is 18.3 Å². The first-order valence-electron chi connectivity index (χ1n) is 10.3. The van der Waals surface area contributed by atoms with Crippen molar-refractivity contribution in [2.24, 2.45) is 0 Å². The number of nitrogens with zero attached hydrogens (tertiary/aromatic N) is 2. The fraction of sp³-hybridized carbons (Fsp3) is 0.727. The van der Waals surface area contributed by atoms with Gasteiger partial charge in [0.15, 0.2) is 0 Å². The maximum Gasteiger partial charge on any atom is 0.224 e. The number of rotatable bonds is 4. The second kappa shape index (κ2) is 18.7. The molecule has 0 aliphatic heterocycles. The number of hydrogen-bond donors (Lipinski definition) is 1. The molecule has 0 atom stereocenters. The van der Waals surface area contributed by atoms with Crippen LogP contribution in [0.4, 0.5) is 5.82 Å². The molecule has 0 saturated heterocycles. The molecule has 0 bridgehead atoms. The predicted octanol–water partition coefficient (Wildman–Crippen LogP) is 7.99. The zero-order valence-corrected chi connectivity index (χ0v) is 19.0. The number of anilines is 1. The van der Waals surface area contributed by atoms with Crippen LogP contribution in [0.3, 0.4) is 0 Å². The maximum absolute atomic E-state index is 5.77. The van der Waals surface area contributed by atoms with Gasteiger partial charge in [0.05, 0.1) is 0 Å². The van der Waals surface area contributed by atoms with Crippen LogP contribution in [0.2, 0.25) is 5.28 Å². The fourth-order valence-corrected chi connectivity index (χ4v) is 2.49. The Labute approximate surface area is 168 Å². The molecule has 1 aromatic heterocycles. The van der Waals surface area contributed by atoms with Gasteiger partial charge in [-0.1, -0.05) is 71.8 Å². The Balaban J connectivity index is 0. The van der Waals surface area contributed by atoms with Crippen molar-refractivity contribution in [2.75, 3.05) is 5.32 Å². The second-order valence-corrected chi connectivity index (χ2v) is 7.05. The predicted molar refractivity (Wildman–Crippen MR) is 119 cm³/mol. The van der Waals surface area contributed by atoms with Crippen molar-refractivity contribution in [3.8, 4) is 0 Å². The lowest BCUT2D eigenvalue weighted by atomic mass is 9.95. The third-order valence-electron chi connectivity index (χ3n) is 3.60. The van der Waals surface area contributed by atoms with Crippen LogP contribution in [-0.4, -0.2) is 16.0 Å². The lowest BCUT2D eigenvalue weighted by Crippen LogP contribution is -2.23. The Morgan fingerprint density at radius 3 is 2.08 bits per heavy atom. The minimum Gasteiger partial charge on any atom is -0.367 e. The summed E-state index contributed by atoms with van der Waals surface area (Å²) in [5.74, 6) is 0.891. The van der Waals surface area contributed by atoms with Gasteiger partial charge in [-0.15, -0.1) is 6.58 Å². The lowest BCUT2D eigenvalue weighted by Gasteiger charge is -2.23. The van der Waals surface area contributed by atoms with E-state index in [0.717, 1.165) is 11.4 Å². The Bertz CT molecular complexity index is 449. The molecule has 2 rings (SSSR count). The molecular weight excluding hydrogens is 342 g/mol. The highest BCUT2D eigenvalue weighted by Gasteiger charge is 2.14. The van der Waals surface area contributed by atoms with Crippen LogP contribution < -0.4 is 5.32 Å². The molecule has 0 spiro atoms. The van der Waals surface area contributed by atoms with E-state index in [4.69, 9.17) is 11.6 Å². The van der Waals surface area contributed by atoms with E-state index in [1.165, 1.54) is 56.9 Å². The zero-order chi connectivity index (χ0) is 20.4. The van der Waals surface area contributed by atoms with Crippen molar-refractivity contribution in [2.45, 2.75) is 106 Å². The number of aryl methyl sites for hydroxylation is 1. The van der Waals surface area contributed by atoms with E-state index in [0.29, 0.717) is 11.3 Å². The average molecular weight is 384 g/mol. The largest absolute Gasteiger partial charge is 0.367 e. The van der Waals surface area contributed by atoms with Crippen LogP contribution in [-0.2, 0) is 0 Å². The molecule has 1 heterocycles. The number of allylic oxidation sites excluding steroid dienone is 1. The Morgan fingerprint density at radius 1 is 1.15 bits per heavy atom. The molecule has 1 saturated carbocycles. The summed E-state index contributed by atoms with van der Waals surface area (Å²) < 4.78 is 0. The summed E-state index contributed by atoms with van der Waals surface area (Å²) in [5, 5.41) is 3.77. The van der Waals surface area contributed by atoms with E-state index in [1.54, 1.807) is 6.20 Å². The molecule has 1 aromatic rings. The zero-order valence-electron chi connectivity index (χ0n) is 18.3. The fourth-order valence-electron chi connectivity index (χ4n) is 2.36. The first kappa shape index (κ1) is 27.1. The Kier molecular flexibility index (Phi) is 19.5. The van der Waals surface area contributed by atoms with Crippen LogP contribution >= 0.6 is 11.6 Å². The number of nitrogens with one attached hydrogen (secondary N) is 1. The highest BCUT2D eigenvalue weighted by atomic mass is 35.5. The summed E-state index contributed by atoms with van der Waals surface area (Å²) in [4.78, 5) is 8.16. The van der Waals surface area contributed by atoms with E-state index >= 15 is 0 Å². The van der Waals surface area contributed by atoms with Crippen LogP contribution in [0.25, 0.3) is 0 Å². The first-order chi connectivity index (χ1) is 12.4. The topological polar surface area (TPSA) is 37.8 Å². The summed E-state index contributed by atoms with van der Waals surface area (Å²) >= 11 is 5.77. The molecule has 0 unspecified atom stereocenters. The number of unbranched alkanes of at least 4 members (excludes halogenated alkanes) is 2. The molecule has 0 amide bonds. The molecule has 1 aliphatic carbocycles. The van der Waals surface area contributed by atoms with Crippen molar-refractivity contribution in [1.29, 1.82) is 0 Å². The van der Waals surface area contributed by atoms with Crippen molar-refractivity contribution < 1.29 is 0 Å². The van der Waals surface area contributed by atoms with Crippen LogP contribution in [0, 0.1) is 6.92 Å². The minimum absolute atomic E-state index is 0.318. The van der Waals surface area contributed by atoms with E-state index in [2.05, 4.69) is 35.7 Å². The molecular formula is C22H42ClN3. The van der Waals surface area contributed by atoms with E-state index < -0.39 is 0 Å². The minimum atomic E-state index is 0.318. The van der Waals surface area contributed by atoms with Crippen LogP contribution in [0.1, 0.15) is 98.5 Å². The molecule has 0 aromatic carbocycles. The van der Waals surface area contributed by atoms with Crippen LogP contribution in [0.5, 0.6) is 0 Å². The van der Waals surface area contributed by atoms with E-state index in [9.17, 15) is 0 Å². The molecule has 26 heavy (non-hydrogen) atoms. The summed E-state index contributed by atoms with van der Waals surface area (Å²) in [6.45, 7) is 17.9. The highest BCUT2D eigenvalue weighted by molar-refractivity contribution is 6.28. The van der Waals surface area contributed by atoms with Crippen molar-refractivity contribution in [1.82, 2.24) is 9.97 Å². The van der Waals surface area contributed by atoms with Gasteiger partial charge in [0.25, 0.3) is 0 Å². The van der Waals surface area contributed by atoms with Gasteiger partial charge in [0.2, 0.25) is 5.28 Å². The van der Waals surface area contributed by atoms with Crippen molar-refractivity contribution >= 4 is 17.4 Å². The van der Waals surface area contributed by atoms with E-state index in [-0.39, 0.29) is 0 Å². The maximum atomic E-state index is 5.77. The monoisotopic (exact) mass is 383 g/mol. The quantitative estimate of drug-likeness (QED) is 0.422. The van der Waals surface area contributed by atoms with Gasteiger partial charge >= 0.3 is 0 Å². The average Bonchev–Trinajstić information content (AvgIpc) is 2.62. The third kappa shape index (κ3) is 16.4. The first-order valence-corrected chi connectivity index (χ1v) is 10.7. The summed E-state index contributed by atoms with van der Waals surface area (Å²) in [5.41, 5.74) is 2.23. The van der Waals surface area contributed by atoms with Gasteiger partial charge in [-0.25, -0.2) is 9.97 Å². The number of halogens is 1. The number of aromatic nitrogens is 2. The Hall–Kier alpha value is -1.09. The van der Waals surface area contributed by atoms with Gasteiger partial charge in [-0.05, 0) is 45.2 Å². The molecule has 3 nitrogen and oxygen atoms in total. The van der Waals surface area contributed by atoms with Crippen molar-refractivity contribution in [3.63, 3.8) is 0 Å². The summed E-state index contributed by atoms with van der Waals surface area (Å²) in [6, 6.07) is 0.559. The molecule has 0 radical (unpaired) electrons. The number of hydrogen-bond acceptors (Lipinski definition) is 3. The second-order valence-electron chi connectivity index (χ2n) is 6.71. The molecule has 152 valence electrons. The Morgan fingerprint density at radius 2 is 1.65 bits per heavy atom. The van der Waals surface area contributed by atoms with Gasteiger partial charge in [-0.2, -0.15) is 0 Å². The molecule has 1 N–H and O–H groups in total. The third-order valence-corrected chi connectivity index (χ3v) is 3.78. The van der Waals surface area contributed by atoms with E-state index in [1.807, 2.05) is 34.6 Å². The highest BCUT2D eigenvalue weighted by Crippen LogP contribution is 2.22. The van der Waals surface area contributed by atoms with Gasteiger partial charge in [0, 0.05) is 17.8 Å². The summed E-state index contributed by atoms with van der Waals surface area (Å²) in [7, 11) is 0. The lowest BCUT2D eigenvalue weighted by molar-refractivity contribution is 0.461. The smallest absolute Gasteiger partial charge is 0.224 e. The molecule has 1 fully saturated rings. The normalized spacial score (nSPS) is 13.1. The van der Waals surface area contributed by atoms with Gasteiger partial charge in [-0.3, -0.25) is 0 Å². The standard InChI is InChI=1S/C11H16ClN3.C5H12.C4H8.C2H6/c1-8-7-13-11(12)15-10(8)14-9-5-3-2-4-6-9;1-3-5-4-2;1-4(2)3;1-2/h7,9H,2-6H2,1H3,(H,13,14,15);3-5H2,1-2H3;1H2,2-3H3;1-2H3. The molecule has 1 aliphatic rings.